The summed E-state index contributed by atoms with van der Waals surface area (Å²) in [5.41, 5.74) is -0.215. The lowest BCUT2D eigenvalue weighted by molar-refractivity contribution is 0.633. The smallest absolute Gasteiger partial charge is 0.246 e. The van der Waals surface area contributed by atoms with Crippen molar-refractivity contribution in [2.24, 2.45) is 0 Å². The van der Waals surface area contributed by atoms with E-state index in [0.29, 0.717) is 17.3 Å². The summed E-state index contributed by atoms with van der Waals surface area (Å²) in [6.45, 7) is 2.37. The topological polar surface area (TPSA) is 52.2 Å². The van der Waals surface area contributed by atoms with Gasteiger partial charge in [0, 0.05) is 12.7 Å². The second-order valence-electron chi connectivity index (χ2n) is 2.54. The molecule has 0 unspecified atom stereocenters. The van der Waals surface area contributed by atoms with E-state index in [1.807, 2.05) is 6.92 Å². The molecule has 0 radical (unpaired) electrons. The number of nitrogens with zero attached hydrogens (tertiary/aromatic N) is 4. The predicted molar refractivity (Wildman–Crippen MR) is 47.9 cm³/mol. The Bertz CT molecular complexity index is 501. The highest BCUT2D eigenvalue weighted by Crippen LogP contribution is 2.04. The van der Waals surface area contributed by atoms with Crippen LogP contribution in [0.5, 0.6) is 0 Å². The zero-order valence-electron chi connectivity index (χ0n) is 6.94. The minimum atomic E-state index is -0.215. The molecule has 2 rings (SSSR count). The Kier molecular flexibility index (Phi) is 1.81. The fraction of sp³-hybridized carbons (Fsp3) is 0.286. The maximum atomic E-state index is 11.5. The van der Waals surface area contributed by atoms with E-state index >= 15 is 0 Å². The van der Waals surface area contributed by atoms with Crippen molar-refractivity contribution < 1.29 is 0 Å². The van der Waals surface area contributed by atoms with Crippen LogP contribution in [0.4, 0.5) is 0 Å². The molecule has 0 aliphatic rings. The molecule has 68 valence electrons. The van der Waals surface area contributed by atoms with Crippen molar-refractivity contribution in [3.8, 4) is 0 Å². The molecule has 5 nitrogen and oxygen atoms in total. The summed E-state index contributed by atoms with van der Waals surface area (Å²) in [5.74, 6) is 0.372. The van der Waals surface area contributed by atoms with Gasteiger partial charge in [-0.25, -0.2) is 18.9 Å². The van der Waals surface area contributed by atoms with Crippen LogP contribution in [0.1, 0.15) is 6.92 Å². The predicted octanol–water partition coefficient (Wildman–Crippen LogP) is 0.564. The van der Waals surface area contributed by atoms with Gasteiger partial charge in [0.05, 0.1) is 11.2 Å². The van der Waals surface area contributed by atoms with Gasteiger partial charge in [-0.1, -0.05) is 11.6 Å². The number of halogens is 1. The number of aromatic nitrogens is 4. The zero-order valence-corrected chi connectivity index (χ0v) is 7.69. The molecule has 0 N–H and O–H groups in total. The summed E-state index contributed by atoms with van der Waals surface area (Å²) >= 11 is 5.68. The molecule has 0 aliphatic carbocycles. The first kappa shape index (κ1) is 8.25. The van der Waals surface area contributed by atoms with Gasteiger partial charge >= 0.3 is 5.69 Å². The van der Waals surface area contributed by atoms with Gasteiger partial charge < -0.3 is 0 Å². The van der Waals surface area contributed by atoms with Gasteiger partial charge in [-0.3, -0.25) is 0 Å². The van der Waals surface area contributed by atoms with Crippen LogP contribution in [0.3, 0.4) is 0 Å². The lowest BCUT2D eigenvalue weighted by Crippen LogP contribution is -2.19. The number of hydrogen-bond donors (Lipinski definition) is 0. The normalized spacial score (nSPS) is 10.9. The molecule has 0 aromatic carbocycles. The van der Waals surface area contributed by atoms with Crippen molar-refractivity contribution in [1.29, 1.82) is 0 Å². The average molecular weight is 199 g/mol. The largest absolute Gasteiger partial charge is 0.351 e. The molecular formula is C7H7ClN4O. The number of aryl methyl sites for hydroxylation is 1. The van der Waals surface area contributed by atoms with Gasteiger partial charge in [0.25, 0.3) is 5.78 Å². The Balaban J connectivity index is 2.85. The van der Waals surface area contributed by atoms with E-state index in [9.17, 15) is 4.79 Å². The molecule has 6 heteroatoms. The van der Waals surface area contributed by atoms with Crippen molar-refractivity contribution in [2.75, 3.05) is 0 Å². The first-order chi connectivity index (χ1) is 6.22. The van der Waals surface area contributed by atoms with E-state index in [2.05, 4.69) is 10.1 Å². The summed E-state index contributed by atoms with van der Waals surface area (Å²) in [6.07, 6.45) is 2.97. The van der Waals surface area contributed by atoms with Gasteiger partial charge in [-0.05, 0) is 6.92 Å². The van der Waals surface area contributed by atoms with E-state index in [1.54, 1.807) is 0 Å². The van der Waals surface area contributed by atoms with E-state index in [4.69, 9.17) is 11.6 Å². The molecule has 0 saturated carbocycles. The Morgan fingerprint density at radius 2 is 2.38 bits per heavy atom. The summed E-state index contributed by atoms with van der Waals surface area (Å²) in [7, 11) is 0. The lowest BCUT2D eigenvalue weighted by atomic mass is 10.6. The first-order valence-corrected chi connectivity index (χ1v) is 4.21. The molecule has 0 saturated heterocycles. The van der Waals surface area contributed by atoms with Crippen LogP contribution in [-0.4, -0.2) is 19.2 Å². The molecular weight excluding hydrogens is 192 g/mol. The van der Waals surface area contributed by atoms with Crippen LogP contribution in [0.2, 0.25) is 5.02 Å². The molecule has 0 aliphatic heterocycles. The van der Waals surface area contributed by atoms with Crippen molar-refractivity contribution in [3.63, 3.8) is 0 Å². The third kappa shape index (κ3) is 1.21. The van der Waals surface area contributed by atoms with Gasteiger partial charge in [0.15, 0.2) is 0 Å². The molecule has 0 fully saturated rings. The molecule has 0 atom stereocenters. The summed E-state index contributed by atoms with van der Waals surface area (Å²) in [4.78, 5) is 15.4. The molecule has 0 bridgehead atoms. The quantitative estimate of drug-likeness (QED) is 0.673. The highest BCUT2D eigenvalue weighted by Gasteiger charge is 2.05. The molecule has 0 spiro atoms. The standard InChI is InChI=1S/C7H7ClN4O/c1-2-12-7(13)11-4-5(8)3-9-6(11)10-12/h3-4H,2H2,1H3. The van der Waals surface area contributed by atoms with Crippen LogP contribution in [0, 0.1) is 0 Å². The number of rotatable bonds is 1. The van der Waals surface area contributed by atoms with Crippen LogP contribution >= 0.6 is 11.6 Å². The van der Waals surface area contributed by atoms with Crippen LogP contribution < -0.4 is 5.69 Å². The SMILES string of the molecule is CCn1nc2ncc(Cl)cn2c1=O. The second-order valence-corrected chi connectivity index (χ2v) is 2.98. The van der Waals surface area contributed by atoms with Crippen molar-refractivity contribution in [3.05, 3.63) is 27.9 Å². The zero-order chi connectivity index (χ0) is 9.42. The van der Waals surface area contributed by atoms with Crippen molar-refractivity contribution in [1.82, 2.24) is 19.2 Å². The van der Waals surface area contributed by atoms with Crippen LogP contribution in [-0.2, 0) is 6.54 Å². The Morgan fingerprint density at radius 3 is 3.08 bits per heavy atom. The van der Waals surface area contributed by atoms with Crippen molar-refractivity contribution >= 4 is 17.4 Å². The summed E-state index contributed by atoms with van der Waals surface area (Å²) < 4.78 is 2.66. The Morgan fingerprint density at radius 1 is 1.62 bits per heavy atom. The maximum absolute atomic E-state index is 11.5. The minimum Gasteiger partial charge on any atom is -0.246 e. The van der Waals surface area contributed by atoms with E-state index in [1.165, 1.54) is 21.5 Å². The maximum Gasteiger partial charge on any atom is 0.351 e. The molecule has 13 heavy (non-hydrogen) atoms. The minimum absolute atomic E-state index is 0.215. The molecule has 2 aromatic heterocycles. The van der Waals surface area contributed by atoms with E-state index in [-0.39, 0.29) is 5.69 Å². The Labute approximate surface area is 78.6 Å². The molecule has 0 amide bonds. The summed E-state index contributed by atoms with van der Waals surface area (Å²) in [6, 6.07) is 0. The third-order valence-electron chi connectivity index (χ3n) is 1.71. The number of fused-ring (bicyclic) bond motifs is 1. The highest BCUT2D eigenvalue weighted by molar-refractivity contribution is 6.30. The van der Waals surface area contributed by atoms with Crippen LogP contribution in [0.15, 0.2) is 17.2 Å². The molecule has 2 heterocycles. The highest BCUT2D eigenvalue weighted by atomic mass is 35.5. The van der Waals surface area contributed by atoms with Crippen molar-refractivity contribution in [2.45, 2.75) is 13.5 Å². The number of hydrogen-bond acceptors (Lipinski definition) is 3. The van der Waals surface area contributed by atoms with Gasteiger partial charge in [-0.15, -0.1) is 5.10 Å². The fourth-order valence-electron chi connectivity index (χ4n) is 1.09. The van der Waals surface area contributed by atoms with E-state index < -0.39 is 0 Å². The Hall–Kier alpha value is -1.36. The first-order valence-electron chi connectivity index (χ1n) is 3.83. The van der Waals surface area contributed by atoms with E-state index in [0.717, 1.165) is 0 Å². The second kappa shape index (κ2) is 2.85. The fourth-order valence-corrected chi connectivity index (χ4v) is 1.24. The van der Waals surface area contributed by atoms with Gasteiger partial charge in [-0.2, -0.15) is 0 Å². The summed E-state index contributed by atoms with van der Waals surface area (Å²) in [5, 5.41) is 4.39. The van der Waals surface area contributed by atoms with Crippen LogP contribution in [0.25, 0.3) is 5.78 Å². The average Bonchev–Trinajstić information content (AvgIpc) is 2.44. The van der Waals surface area contributed by atoms with Gasteiger partial charge in [0.2, 0.25) is 0 Å². The molecule has 2 aromatic rings. The lowest BCUT2D eigenvalue weighted by Gasteiger charge is -1.88. The third-order valence-corrected chi connectivity index (χ3v) is 1.90. The van der Waals surface area contributed by atoms with Gasteiger partial charge in [0.1, 0.15) is 0 Å². The monoisotopic (exact) mass is 198 g/mol.